The minimum Gasteiger partial charge on any atom is -0.315 e. The van der Waals surface area contributed by atoms with Crippen LogP contribution in [0.15, 0.2) is 12.4 Å². The van der Waals surface area contributed by atoms with Gasteiger partial charge in [-0.05, 0) is 37.1 Å². The number of thioether (sulfide) groups is 1. The highest BCUT2D eigenvalue weighted by Gasteiger charge is 2.14. The number of nitrogens with one attached hydrogen (secondary N) is 1. The highest BCUT2D eigenvalue weighted by atomic mass is 32.2. The van der Waals surface area contributed by atoms with Gasteiger partial charge in [0, 0.05) is 25.0 Å². The van der Waals surface area contributed by atoms with E-state index >= 15 is 0 Å². The molecule has 1 N–H and O–H groups in total. The largest absolute Gasteiger partial charge is 0.315 e. The van der Waals surface area contributed by atoms with Gasteiger partial charge in [0.1, 0.15) is 0 Å². The van der Waals surface area contributed by atoms with E-state index in [1.54, 1.807) is 0 Å². The van der Waals surface area contributed by atoms with Crippen molar-refractivity contribution in [3.05, 3.63) is 18.0 Å². The van der Waals surface area contributed by atoms with Crippen LogP contribution in [-0.4, -0.2) is 33.9 Å². The molecule has 2 rings (SSSR count). The molecule has 1 aromatic rings. The molecule has 3 nitrogen and oxygen atoms in total. The first-order valence-electron chi connectivity index (χ1n) is 5.64. The molecular weight excluding hydrogens is 206 g/mol. The minimum absolute atomic E-state index is 0.860. The second kappa shape index (κ2) is 5.56. The molecule has 4 heteroatoms. The molecule has 0 radical (unpaired) electrons. The average molecular weight is 225 g/mol. The van der Waals surface area contributed by atoms with Crippen molar-refractivity contribution in [1.82, 2.24) is 15.1 Å². The summed E-state index contributed by atoms with van der Waals surface area (Å²) in [6.07, 6.45) is 7.92. The Morgan fingerprint density at radius 2 is 2.60 bits per heavy atom. The Kier molecular flexibility index (Phi) is 4.09. The van der Waals surface area contributed by atoms with E-state index in [9.17, 15) is 0 Å². The van der Waals surface area contributed by atoms with Gasteiger partial charge in [-0.3, -0.25) is 4.68 Å². The number of hydrogen-bond donors (Lipinski definition) is 1. The Morgan fingerprint density at radius 1 is 1.67 bits per heavy atom. The van der Waals surface area contributed by atoms with E-state index in [2.05, 4.69) is 28.4 Å². The van der Waals surface area contributed by atoms with Gasteiger partial charge < -0.3 is 5.32 Å². The predicted octanol–water partition coefficient (Wildman–Crippen LogP) is 1.45. The van der Waals surface area contributed by atoms with Crippen molar-refractivity contribution >= 4 is 11.8 Å². The van der Waals surface area contributed by atoms with Crippen molar-refractivity contribution < 1.29 is 0 Å². The smallest absolute Gasteiger partial charge is 0.0522 e. The van der Waals surface area contributed by atoms with Gasteiger partial charge in [0.2, 0.25) is 0 Å². The first-order valence-corrected chi connectivity index (χ1v) is 6.69. The van der Waals surface area contributed by atoms with E-state index in [1.807, 2.05) is 17.9 Å². The summed E-state index contributed by atoms with van der Waals surface area (Å²) in [5.74, 6) is 1.36. The molecule has 0 amide bonds. The van der Waals surface area contributed by atoms with Crippen LogP contribution in [0.1, 0.15) is 18.4 Å². The van der Waals surface area contributed by atoms with Crippen LogP contribution in [0, 0.1) is 0 Å². The van der Waals surface area contributed by atoms with Gasteiger partial charge in [-0.15, -0.1) is 0 Å². The molecular formula is C11H19N3S. The zero-order valence-corrected chi connectivity index (χ0v) is 10.1. The summed E-state index contributed by atoms with van der Waals surface area (Å²) in [5, 5.41) is 8.54. The topological polar surface area (TPSA) is 29.9 Å². The summed E-state index contributed by atoms with van der Waals surface area (Å²) >= 11 is 2.11. The predicted molar refractivity (Wildman–Crippen MR) is 65.3 cm³/mol. The Labute approximate surface area is 95.6 Å². The summed E-state index contributed by atoms with van der Waals surface area (Å²) < 4.78 is 1.86. The number of aromatic nitrogens is 2. The molecule has 2 heterocycles. The van der Waals surface area contributed by atoms with Crippen LogP contribution < -0.4 is 5.32 Å². The van der Waals surface area contributed by atoms with Crippen LogP contribution in [0.3, 0.4) is 0 Å². The van der Waals surface area contributed by atoms with Crippen LogP contribution >= 0.6 is 11.8 Å². The second-order valence-corrected chi connectivity index (χ2v) is 5.52. The molecule has 0 saturated carbocycles. The molecule has 0 spiro atoms. The Balaban J connectivity index is 1.58. The maximum Gasteiger partial charge on any atom is 0.0522 e. The van der Waals surface area contributed by atoms with Crippen molar-refractivity contribution in [3.63, 3.8) is 0 Å². The maximum atomic E-state index is 4.16. The number of nitrogens with zero attached hydrogens (tertiary/aromatic N) is 2. The van der Waals surface area contributed by atoms with Crippen LogP contribution in [0.4, 0.5) is 0 Å². The molecule has 0 aliphatic carbocycles. The molecule has 1 fully saturated rings. The summed E-state index contributed by atoms with van der Waals surface area (Å²) in [6.45, 7) is 2.24. The molecule has 15 heavy (non-hydrogen) atoms. The van der Waals surface area contributed by atoms with Gasteiger partial charge >= 0.3 is 0 Å². The fourth-order valence-electron chi connectivity index (χ4n) is 1.90. The van der Waals surface area contributed by atoms with Crippen molar-refractivity contribution in [2.24, 2.45) is 7.05 Å². The van der Waals surface area contributed by atoms with Crippen LogP contribution in [0.5, 0.6) is 0 Å². The third-order valence-electron chi connectivity index (χ3n) is 2.74. The lowest BCUT2D eigenvalue weighted by Gasteiger charge is -2.09. The lowest BCUT2D eigenvalue weighted by Crippen LogP contribution is -2.25. The lowest BCUT2D eigenvalue weighted by molar-refractivity contribution is 0.644. The average Bonchev–Trinajstić information content (AvgIpc) is 2.84. The van der Waals surface area contributed by atoms with E-state index in [0.717, 1.165) is 18.2 Å². The zero-order valence-electron chi connectivity index (χ0n) is 9.28. The van der Waals surface area contributed by atoms with Crippen LogP contribution in [0.25, 0.3) is 0 Å². The SMILES string of the molecule is Cn1cc(CCNCC2CCCS2)cn1. The van der Waals surface area contributed by atoms with E-state index < -0.39 is 0 Å². The highest BCUT2D eigenvalue weighted by molar-refractivity contribution is 8.00. The fourth-order valence-corrected chi connectivity index (χ4v) is 3.14. The molecule has 0 aromatic carbocycles. The first kappa shape index (κ1) is 11.0. The zero-order chi connectivity index (χ0) is 10.5. The maximum absolute atomic E-state index is 4.16. The van der Waals surface area contributed by atoms with Gasteiger partial charge in [0.05, 0.1) is 6.20 Å². The highest BCUT2D eigenvalue weighted by Crippen LogP contribution is 2.25. The Bertz CT molecular complexity index is 292. The Morgan fingerprint density at radius 3 is 3.27 bits per heavy atom. The third-order valence-corrected chi connectivity index (χ3v) is 4.14. The molecule has 1 aromatic heterocycles. The number of hydrogen-bond acceptors (Lipinski definition) is 3. The fraction of sp³-hybridized carbons (Fsp3) is 0.727. The van der Waals surface area contributed by atoms with Crippen molar-refractivity contribution in [2.45, 2.75) is 24.5 Å². The molecule has 0 bridgehead atoms. The standard InChI is InChI=1S/C11H19N3S/c1-14-9-10(7-13-14)4-5-12-8-11-3-2-6-15-11/h7,9,11-12H,2-6,8H2,1H3. The summed E-state index contributed by atoms with van der Waals surface area (Å²) in [4.78, 5) is 0. The van der Waals surface area contributed by atoms with Crippen LogP contribution in [-0.2, 0) is 13.5 Å². The van der Waals surface area contributed by atoms with E-state index in [4.69, 9.17) is 0 Å². The van der Waals surface area contributed by atoms with Gasteiger partial charge in [-0.25, -0.2) is 0 Å². The quantitative estimate of drug-likeness (QED) is 0.769. The Hall–Kier alpha value is -0.480. The van der Waals surface area contributed by atoms with Crippen LogP contribution in [0.2, 0.25) is 0 Å². The van der Waals surface area contributed by atoms with Gasteiger partial charge in [0.15, 0.2) is 0 Å². The van der Waals surface area contributed by atoms with Crippen molar-refractivity contribution in [2.75, 3.05) is 18.8 Å². The van der Waals surface area contributed by atoms with E-state index in [0.29, 0.717) is 0 Å². The van der Waals surface area contributed by atoms with Gasteiger partial charge in [-0.1, -0.05) is 0 Å². The first-order chi connectivity index (χ1) is 7.34. The third kappa shape index (κ3) is 3.54. The molecule has 84 valence electrons. The lowest BCUT2D eigenvalue weighted by atomic mass is 10.2. The second-order valence-electron chi connectivity index (χ2n) is 4.11. The normalized spacial score (nSPS) is 21.0. The molecule has 1 saturated heterocycles. The summed E-state index contributed by atoms with van der Waals surface area (Å²) in [7, 11) is 1.96. The molecule has 1 aliphatic rings. The number of rotatable bonds is 5. The van der Waals surface area contributed by atoms with Crippen molar-refractivity contribution in [3.8, 4) is 0 Å². The van der Waals surface area contributed by atoms with E-state index in [1.165, 1.54) is 30.7 Å². The summed E-state index contributed by atoms with van der Waals surface area (Å²) in [6, 6.07) is 0. The molecule has 1 aliphatic heterocycles. The van der Waals surface area contributed by atoms with Gasteiger partial charge in [0.25, 0.3) is 0 Å². The van der Waals surface area contributed by atoms with E-state index in [-0.39, 0.29) is 0 Å². The summed E-state index contributed by atoms with van der Waals surface area (Å²) in [5.41, 5.74) is 1.32. The van der Waals surface area contributed by atoms with Crippen molar-refractivity contribution in [1.29, 1.82) is 0 Å². The monoisotopic (exact) mass is 225 g/mol. The number of aryl methyl sites for hydroxylation is 1. The molecule has 1 atom stereocenters. The van der Waals surface area contributed by atoms with Gasteiger partial charge in [-0.2, -0.15) is 16.9 Å². The minimum atomic E-state index is 0.860. The molecule has 1 unspecified atom stereocenters.